The fraction of sp³-hybridized carbons (Fsp3) is 0.409. The molecule has 3 rings (SSSR count). The molecule has 0 bridgehead atoms. The van der Waals surface area contributed by atoms with Gasteiger partial charge in [-0.3, -0.25) is 9.69 Å². The third-order valence-electron chi connectivity index (χ3n) is 4.85. The van der Waals surface area contributed by atoms with Crippen LogP contribution in [0.1, 0.15) is 18.4 Å². The van der Waals surface area contributed by atoms with E-state index in [1.165, 1.54) is 5.56 Å². The van der Waals surface area contributed by atoms with Gasteiger partial charge in [0.05, 0.1) is 19.6 Å². The second kappa shape index (κ2) is 9.97. The minimum absolute atomic E-state index is 0.0497. The van der Waals surface area contributed by atoms with E-state index in [4.69, 9.17) is 9.47 Å². The zero-order valence-electron chi connectivity index (χ0n) is 15.9. The van der Waals surface area contributed by atoms with Crippen LogP contribution in [-0.4, -0.2) is 44.2 Å². The van der Waals surface area contributed by atoms with Gasteiger partial charge in [0.25, 0.3) is 0 Å². The summed E-state index contributed by atoms with van der Waals surface area (Å²) in [7, 11) is 1.62. The van der Waals surface area contributed by atoms with Crippen LogP contribution in [0.3, 0.4) is 0 Å². The number of methoxy groups -OCH3 is 1. The van der Waals surface area contributed by atoms with E-state index in [0.717, 1.165) is 32.5 Å². The van der Waals surface area contributed by atoms with Gasteiger partial charge in [-0.25, -0.2) is 0 Å². The normalized spacial score (nSPS) is 17.3. The first-order chi connectivity index (χ1) is 13.3. The van der Waals surface area contributed by atoms with Crippen molar-refractivity contribution in [3.63, 3.8) is 0 Å². The van der Waals surface area contributed by atoms with Gasteiger partial charge in [-0.15, -0.1) is 0 Å². The van der Waals surface area contributed by atoms with Gasteiger partial charge in [0, 0.05) is 13.1 Å². The average molecular weight is 368 g/mol. The van der Waals surface area contributed by atoms with Crippen LogP contribution in [0, 0.1) is 5.92 Å². The maximum absolute atomic E-state index is 12.5. The lowest BCUT2D eigenvalue weighted by Gasteiger charge is -2.32. The molecule has 0 spiro atoms. The molecule has 1 saturated heterocycles. The highest BCUT2D eigenvalue weighted by Crippen LogP contribution is 2.25. The van der Waals surface area contributed by atoms with Crippen LogP contribution in [-0.2, 0) is 11.3 Å². The van der Waals surface area contributed by atoms with Crippen LogP contribution in [0.15, 0.2) is 54.6 Å². The molecule has 1 heterocycles. The van der Waals surface area contributed by atoms with Gasteiger partial charge in [-0.05, 0) is 37.1 Å². The molecule has 1 fully saturated rings. The van der Waals surface area contributed by atoms with Gasteiger partial charge in [0.2, 0.25) is 5.91 Å². The Bertz CT molecular complexity index is 721. The van der Waals surface area contributed by atoms with Crippen molar-refractivity contribution in [2.45, 2.75) is 19.4 Å². The fourth-order valence-corrected chi connectivity index (χ4v) is 3.47. The Hall–Kier alpha value is -2.53. The van der Waals surface area contributed by atoms with Crippen LogP contribution < -0.4 is 14.8 Å². The highest BCUT2D eigenvalue weighted by Gasteiger charge is 2.25. The van der Waals surface area contributed by atoms with E-state index in [1.807, 2.05) is 30.3 Å². The first-order valence-corrected chi connectivity index (χ1v) is 9.56. The summed E-state index contributed by atoms with van der Waals surface area (Å²) in [5, 5.41) is 3.01. The van der Waals surface area contributed by atoms with E-state index in [-0.39, 0.29) is 11.8 Å². The number of rotatable bonds is 8. The van der Waals surface area contributed by atoms with E-state index in [2.05, 4.69) is 34.5 Å². The molecule has 27 heavy (non-hydrogen) atoms. The predicted octanol–water partition coefficient (Wildman–Crippen LogP) is 3.10. The Balaban J connectivity index is 1.41. The number of para-hydroxylation sites is 2. The zero-order chi connectivity index (χ0) is 18.9. The molecule has 1 N–H and O–H groups in total. The van der Waals surface area contributed by atoms with E-state index < -0.39 is 0 Å². The van der Waals surface area contributed by atoms with Gasteiger partial charge in [-0.1, -0.05) is 42.5 Å². The number of carbonyl (C=O) groups excluding carboxylic acids is 1. The molecule has 1 aliphatic rings. The number of carbonyl (C=O) groups is 1. The number of hydrogen-bond donors (Lipinski definition) is 1. The van der Waals surface area contributed by atoms with E-state index in [0.29, 0.717) is 24.7 Å². The SMILES string of the molecule is COc1ccccc1OCCNC(=O)C1CCCN(Cc2ccccc2)C1. The van der Waals surface area contributed by atoms with Crippen LogP contribution in [0.25, 0.3) is 0 Å². The van der Waals surface area contributed by atoms with Gasteiger partial charge < -0.3 is 14.8 Å². The summed E-state index contributed by atoms with van der Waals surface area (Å²) in [5.41, 5.74) is 1.30. The summed E-state index contributed by atoms with van der Waals surface area (Å²) in [6.07, 6.45) is 2.01. The number of nitrogens with one attached hydrogen (secondary N) is 1. The lowest BCUT2D eigenvalue weighted by Crippen LogP contribution is -2.43. The maximum Gasteiger partial charge on any atom is 0.224 e. The van der Waals surface area contributed by atoms with E-state index in [9.17, 15) is 4.79 Å². The number of amides is 1. The molecule has 0 aromatic heterocycles. The van der Waals surface area contributed by atoms with E-state index >= 15 is 0 Å². The Kier molecular flexibility index (Phi) is 7.11. The molecule has 0 radical (unpaired) electrons. The first kappa shape index (κ1) is 19.2. The molecule has 0 saturated carbocycles. The van der Waals surface area contributed by atoms with Crippen molar-refractivity contribution in [2.75, 3.05) is 33.4 Å². The van der Waals surface area contributed by atoms with Crippen LogP contribution in [0.2, 0.25) is 0 Å². The average Bonchev–Trinajstić information content (AvgIpc) is 2.72. The largest absolute Gasteiger partial charge is 0.493 e. The summed E-state index contributed by atoms with van der Waals surface area (Å²) in [5.74, 6) is 1.57. The smallest absolute Gasteiger partial charge is 0.224 e. The van der Waals surface area contributed by atoms with Gasteiger partial charge in [-0.2, -0.15) is 0 Å². The number of benzene rings is 2. The van der Waals surface area contributed by atoms with Crippen LogP contribution in [0.4, 0.5) is 0 Å². The number of ether oxygens (including phenoxy) is 2. The summed E-state index contributed by atoms with van der Waals surface area (Å²) < 4.78 is 11.0. The second-order valence-electron chi connectivity index (χ2n) is 6.85. The summed E-state index contributed by atoms with van der Waals surface area (Å²) in [6, 6.07) is 18.0. The fourth-order valence-electron chi connectivity index (χ4n) is 3.47. The third kappa shape index (κ3) is 5.73. The molecule has 1 atom stereocenters. The molecular weight excluding hydrogens is 340 g/mol. The van der Waals surface area contributed by atoms with Crippen molar-refractivity contribution >= 4 is 5.91 Å². The molecule has 5 nitrogen and oxygen atoms in total. The lowest BCUT2D eigenvalue weighted by atomic mass is 9.96. The number of hydrogen-bond acceptors (Lipinski definition) is 4. The lowest BCUT2D eigenvalue weighted by molar-refractivity contribution is -0.126. The number of piperidine rings is 1. The highest BCUT2D eigenvalue weighted by atomic mass is 16.5. The minimum Gasteiger partial charge on any atom is -0.493 e. The standard InChI is InChI=1S/C22H28N2O3/c1-26-20-11-5-6-12-21(20)27-15-13-23-22(25)19-10-7-14-24(17-19)16-18-8-3-2-4-9-18/h2-6,8-9,11-12,19H,7,10,13-17H2,1H3,(H,23,25). The highest BCUT2D eigenvalue weighted by molar-refractivity contribution is 5.78. The van der Waals surface area contributed by atoms with Crippen molar-refractivity contribution in [2.24, 2.45) is 5.92 Å². The van der Waals surface area contributed by atoms with E-state index in [1.54, 1.807) is 7.11 Å². The van der Waals surface area contributed by atoms with Crippen LogP contribution in [0.5, 0.6) is 11.5 Å². The van der Waals surface area contributed by atoms with Crippen molar-refractivity contribution in [1.29, 1.82) is 0 Å². The number of likely N-dealkylation sites (tertiary alicyclic amines) is 1. The maximum atomic E-state index is 12.5. The molecule has 144 valence electrons. The quantitative estimate of drug-likeness (QED) is 0.728. The topological polar surface area (TPSA) is 50.8 Å². The monoisotopic (exact) mass is 368 g/mol. The molecule has 0 aliphatic carbocycles. The summed E-state index contributed by atoms with van der Waals surface area (Å²) in [4.78, 5) is 14.9. The minimum atomic E-state index is 0.0497. The second-order valence-corrected chi connectivity index (χ2v) is 6.85. The van der Waals surface area contributed by atoms with Gasteiger partial charge in [0.15, 0.2) is 11.5 Å². The Labute approximate surface area is 161 Å². The third-order valence-corrected chi connectivity index (χ3v) is 4.85. The first-order valence-electron chi connectivity index (χ1n) is 9.56. The summed E-state index contributed by atoms with van der Waals surface area (Å²) in [6.45, 7) is 3.68. The molecule has 5 heteroatoms. The Morgan fingerprint density at radius 2 is 1.85 bits per heavy atom. The Morgan fingerprint density at radius 1 is 1.11 bits per heavy atom. The van der Waals surface area contributed by atoms with Gasteiger partial charge in [0.1, 0.15) is 6.61 Å². The van der Waals surface area contributed by atoms with Crippen molar-refractivity contribution < 1.29 is 14.3 Å². The number of nitrogens with zero attached hydrogens (tertiary/aromatic N) is 1. The molecule has 2 aromatic rings. The predicted molar refractivity (Wildman–Crippen MR) is 106 cm³/mol. The van der Waals surface area contributed by atoms with Crippen molar-refractivity contribution in [3.8, 4) is 11.5 Å². The zero-order valence-corrected chi connectivity index (χ0v) is 15.9. The molecule has 2 aromatic carbocycles. The molecule has 1 amide bonds. The van der Waals surface area contributed by atoms with Gasteiger partial charge >= 0.3 is 0 Å². The molecule has 1 unspecified atom stereocenters. The molecular formula is C22H28N2O3. The summed E-state index contributed by atoms with van der Waals surface area (Å²) >= 11 is 0. The van der Waals surface area contributed by atoms with Crippen LogP contribution >= 0.6 is 0 Å². The molecule has 1 aliphatic heterocycles. The van der Waals surface area contributed by atoms with Crippen molar-refractivity contribution in [3.05, 3.63) is 60.2 Å². The Morgan fingerprint density at radius 3 is 2.63 bits per heavy atom. The van der Waals surface area contributed by atoms with Crippen molar-refractivity contribution in [1.82, 2.24) is 10.2 Å².